The summed E-state index contributed by atoms with van der Waals surface area (Å²) < 4.78 is 40.0. The van der Waals surface area contributed by atoms with Gasteiger partial charge in [0.1, 0.15) is 0 Å². The summed E-state index contributed by atoms with van der Waals surface area (Å²) in [6.07, 6.45) is -0.0543. The summed E-state index contributed by atoms with van der Waals surface area (Å²) in [5.41, 5.74) is 0. The van der Waals surface area contributed by atoms with E-state index in [0.29, 0.717) is 19.6 Å². The Labute approximate surface area is 57.6 Å². The Morgan fingerprint density at radius 2 is 2.10 bits per heavy atom. The van der Waals surface area contributed by atoms with E-state index in [1.54, 1.807) is 0 Å². The molecule has 0 aromatic heterocycles. The van der Waals surface area contributed by atoms with Gasteiger partial charge in [0.05, 0.1) is 0 Å². The molecule has 0 N–H and O–H groups in total. The molecule has 1 rings (SSSR count). The highest BCUT2D eigenvalue weighted by molar-refractivity contribution is 6.58. The van der Waals surface area contributed by atoms with Crippen LogP contribution in [0.25, 0.3) is 0 Å². The third kappa shape index (κ3) is 2.60. The first-order chi connectivity index (χ1) is 4.58. The molecule has 60 valence electrons. The summed E-state index contributed by atoms with van der Waals surface area (Å²) in [6, 6.07) is 0. The average Bonchev–Trinajstić information content (AvgIpc) is 2.12. The molecule has 1 aliphatic heterocycles. The fraction of sp³-hybridized carbons (Fsp3) is 1.00. The van der Waals surface area contributed by atoms with Crippen molar-refractivity contribution in [2.24, 2.45) is 5.92 Å². The largest absolute Gasteiger partial charge is 0.478 e. The van der Waals surface area contributed by atoms with Crippen LogP contribution in [0, 0.1) is 5.92 Å². The van der Waals surface area contributed by atoms with Crippen molar-refractivity contribution in [3.8, 4) is 0 Å². The van der Waals surface area contributed by atoms with E-state index in [0.717, 1.165) is 0 Å². The molecule has 1 nitrogen and oxygen atoms in total. The summed E-state index contributed by atoms with van der Waals surface area (Å²) in [5.74, 6) is -0.264. The Kier molecular flexibility index (Phi) is 2.23. The standard InChI is InChI=1S/C5H9BF3O/c7-6(8,9)3-5-1-2-10-4-5/h5H,1-4H2/q-1. The minimum Gasteiger partial charge on any atom is -0.449 e. The normalized spacial score (nSPS) is 27.3. The predicted molar refractivity (Wildman–Crippen MR) is 32.8 cm³/mol. The molecule has 0 bridgehead atoms. The van der Waals surface area contributed by atoms with E-state index in [2.05, 4.69) is 0 Å². The third-order valence-electron chi connectivity index (χ3n) is 1.62. The van der Waals surface area contributed by atoms with E-state index in [4.69, 9.17) is 4.74 Å². The summed E-state index contributed by atoms with van der Waals surface area (Å²) in [6.45, 7) is -3.80. The molecule has 0 aromatic carbocycles. The molecular weight excluding hydrogens is 144 g/mol. The molecule has 10 heavy (non-hydrogen) atoms. The number of ether oxygens (including phenoxy) is 1. The van der Waals surface area contributed by atoms with Gasteiger partial charge in [0.2, 0.25) is 0 Å². The monoisotopic (exact) mass is 153 g/mol. The van der Waals surface area contributed by atoms with Gasteiger partial charge in [-0.05, 0) is 12.3 Å². The van der Waals surface area contributed by atoms with Gasteiger partial charge in [-0.2, -0.15) is 0 Å². The second-order valence-electron chi connectivity index (χ2n) is 2.68. The van der Waals surface area contributed by atoms with Crippen LogP contribution in [0.5, 0.6) is 0 Å². The first-order valence-corrected chi connectivity index (χ1v) is 3.36. The Bertz CT molecular complexity index is 108. The lowest BCUT2D eigenvalue weighted by atomic mass is 9.78. The van der Waals surface area contributed by atoms with E-state index < -0.39 is 13.3 Å². The molecule has 0 radical (unpaired) electrons. The predicted octanol–water partition coefficient (Wildman–Crippen LogP) is 1.87. The zero-order chi connectivity index (χ0) is 7.61. The van der Waals surface area contributed by atoms with E-state index in [1.165, 1.54) is 0 Å². The maximum absolute atomic E-state index is 11.7. The zero-order valence-corrected chi connectivity index (χ0v) is 5.53. The van der Waals surface area contributed by atoms with Crippen LogP contribution >= 0.6 is 0 Å². The fourth-order valence-electron chi connectivity index (χ4n) is 1.15. The Morgan fingerprint density at radius 3 is 2.50 bits per heavy atom. The molecule has 1 atom stereocenters. The molecule has 1 heterocycles. The molecule has 0 spiro atoms. The lowest BCUT2D eigenvalue weighted by Crippen LogP contribution is -2.19. The summed E-state index contributed by atoms with van der Waals surface area (Å²) in [7, 11) is 0. The van der Waals surface area contributed by atoms with Gasteiger partial charge in [-0.1, -0.05) is 6.32 Å². The molecule has 1 unspecified atom stereocenters. The van der Waals surface area contributed by atoms with Crippen molar-refractivity contribution in [2.75, 3.05) is 13.2 Å². The van der Waals surface area contributed by atoms with Gasteiger partial charge in [0, 0.05) is 13.2 Å². The fourth-order valence-corrected chi connectivity index (χ4v) is 1.15. The molecule has 0 saturated carbocycles. The van der Waals surface area contributed by atoms with E-state index in [-0.39, 0.29) is 5.92 Å². The highest BCUT2D eigenvalue weighted by Crippen LogP contribution is 2.26. The smallest absolute Gasteiger partial charge is 0.449 e. The number of hydrogen-bond acceptors (Lipinski definition) is 1. The van der Waals surface area contributed by atoms with Crippen LogP contribution in [0.4, 0.5) is 12.9 Å². The molecule has 1 aliphatic rings. The van der Waals surface area contributed by atoms with Crippen LogP contribution in [0.15, 0.2) is 0 Å². The van der Waals surface area contributed by atoms with Gasteiger partial charge in [-0.3, -0.25) is 0 Å². The highest BCUT2D eigenvalue weighted by atomic mass is 19.4. The molecule has 0 amide bonds. The molecule has 1 fully saturated rings. The maximum atomic E-state index is 11.7. The molecule has 5 heteroatoms. The van der Waals surface area contributed by atoms with Crippen molar-refractivity contribution in [3.05, 3.63) is 0 Å². The summed E-state index contributed by atoms with van der Waals surface area (Å²) in [4.78, 5) is 0. The lowest BCUT2D eigenvalue weighted by molar-refractivity contribution is 0.187. The lowest BCUT2D eigenvalue weighted by Gasteiger charge is -2.16. The van der Waals surface area contributed by atoms with Crippen LogP contribution in [0.2, 0.25) is 6.32 Å². The number of rotatable bonds is 2. The van der Waals surface area contributed by atoms with Crippen molar-refractivity contribution in [1.29, 1.82) is 0 Å². The molecule has 0 aliphatic carbocycles. The Morgan fingerprint density at radius 1 is 1.40 bits per heavy atom. The van der Waals surface area contributed by atoms with Gasteiger partial charge in [-0.25, -0.2) is 0 Å². The van der Waals surface area contributed by atoms with Crippen LogP contribution in [0.1, 0.15) is 6.42 Å². The van der Waals surface area contributed by atoms with Crippen molar-refractivity contribution in [3.63, 3.8) is 0 Å². The second kappa shape index (κ2) is 2.82. The van der Waals surface area contributed by atoms with E-state index in [9.17, 15) is 12.9 Å². The quantitative estimate of drug-likeness (QED) is 0.550. The molecule has 0 aromatic rings. The van der Waals surface area contributed by atoms with Crippen LogP contribution in [0.3, 0.4) is 0 Å². The number of hydrogen-bond donors (Lipinski definition) is 0. The summed E-state index contributed by atoms with van der Waals surface area (Å²) in [5, 5.41) is 0. The molecule has 1 saturated heterocycles. The van der Waals surface area contributed by atoms with Crippen LogP contribution in [-0.4, -0.2) is 20.2 Å². The van der Waals surface area contributed by atoms with Gasteiger partial charge >= 0.3 is 6.98 Å². The van der Waals surface area contributed by atoms with Gasteiger partial charge in [-0.15, -0.1) is 0 Å². The van der Waals surface area contributed by atoms with Crippen LogP contribution in [-0.2, 0) is 4.74 Å². The second-order valence-corrected chi connectivity index (χ2v) is 2.68. The van der Waals surface area contributed by atoms with Gasteiger partial charge < -0.3 is 17.7 Å². The first-order valence-electron chi connectivity index (χ1n) is 3.36. The average molecular weight is 153 g/mol. The molecular formula is C5H9BF3O-. The summed E-state index contributed by atoms with van der Waals surface area (Å²) >= 11 is 0. The van der Waals surface area contributed by atoms with Crippen molar-refractivity contribution >= 4 is 6.98 Å². The van der Waals surface area contributed by atoms with E-state index in [1.807, 2.05) is 0 Å². The minimum absolute atomic E-state index is 0.264. The van der Waals surface area contributed by atoms with Crippen LogP contribution < -0.4 is 0 Å². The van der Waals surface area contributed by atoms with Crippen molar-refractivity contribution < 1.29 is 17.7 Å². The van der Waals surface area contributed by atoms with Gasteiger partial charge in [0.15, 0.2) is 0 Å². The highest BCUT2D eigenvalue weighted by Gasteiger charge is 2.29. The van der Waals surface area contributed by atoms with E-state index >= 15 is 0 Å². The SMILES string of the molecule is F[B-](F)(F)CC1CCOC1. The Balaban J connectivity index is 2.24. The topological polar surface area (TPSA) is 9.23 Å². The maximum Gasteiger partial charge on any atom is 0.478 e. The number of halogens is 3. The zero-order valence-electron chi connectivity index (χ0n) is 5.53. The Hall–Kier alpha value is -0.185. The third-order valence-corrected chi connectivity index (χ3v) is 1.62. The van der Waals surface area contributed by atoms with Crippen molar-refractivity contribution in [2.45, 2.75) is 12.7 Å². The van der Waals surface area contributed by atoms with Gasteiger partial charge in [0.25, 0.3) is 0 Å². The first kappa shape index (κ1) is 7.92. The van der Waals surface area contributed by atoms with Crippen molar-refractivity contribution in [1.82, 2.24) is 0 Å². The minimum atomic E-state index is -4.59.